The van der Waals surface area contributed by atoms with Crippen molar-refractivity contribution in [1.29, 1.82) is 0 Å². The zero-order chi connectivity index (χ0) is 10.3. The largest absolute Gasteiger partial charge is 0.314 e. The first-order valence-corrected chi connectivity index (χ1v) is 5.06. The predicted molar refractivity (Wildman–Crippen MR) is 56.3 cm³/mol. The molecule has 0 fully saturated rings. The van der Waals surface area contributed by atoms with Crippen LogP contribution in [0.3, 0.4) is 0 Å². The van der Waals surface area contributed by atoms with Crippen molar-refractivity contribution in [3.63, 3.8) is 0 Å². The van der Waals surface area contributed by atoms with Crippen LogP contribution in [0, 0.1) is 10.1 Å². The van der Waals surface area contributed by atoms with Crippen LogP contribution in [0.5, 0.6) is 0 Å². The molecule has 0 aliphatic heterocycles. The third-order valence-corrected chi connectivity index (χ3v) is 3.07. The lowest BCUT2D eigenvalue weighted by molar-refractivity contribution is -0.383. The van der Waals surface area contributed by atoms with Crippen LogP contribution < -0.4 is 0 Å². The SMILES string of the molecule is O=[N+]([O-])c1c(Cl)ccc2sc(Cl)nc12. The number of thiazole rings is 1. The molecule has 0 saturated heterocycles. The Morgan fingerprint density at radius 3 is 2.79 bits per heavy atom. The number of nitrogens with zero attached hydrogens (tertiary/aromatic N) is 2. The molecule has 0 bridgehead atoms. The van der Waals surface area contributed by atoms with Gasteiger partial charge < -0.3 is 0 Å². The summed E-state index contributed by atoms with van der Waals surface area (Å²) in [6.07, 6.45) is 0. The molecule has 0 unspecified atom stereocenters. The van der Waals surface area contributed by atoms with E-state index in [9.17, 15) is 10.1 Å². The van der Waals surface area contributed by atoms with Gasteiger partial charge in [-0.1, -0.05) is 23.2 Å². The van der Waals surface area contributed by atoms with Crippen molar-refractivity contribution in [2.45, 2.75) is 0 Å². The van der Waals surface area contributed by atoms with Crippen LogP contribution in [0.15, 0.2) is 12.1 Å². The van der Waals surface area contributed by atoms with Crippen LogP contribution in [-0.2, 0) is 0 Å². The molecule has 72 valence electrons. The number of hydrogen-bond donors (Lipinski definition) is 0. The molecule has 1 aromatic carbocycles. The Morgan fingerprint density at radius 1 is 1.43 bits per heavy atom. The number of aromatic nitrogens is 1. The number of hydrogen-bond acceptors (Lipinski definition) is 4. The normalized spacial score (nSPS) is 10.7. The minimum Gasteiger partial charge on any atom is -0.258 e. The summed E-state index contributed by atoms with van der Waals surface area (Å²) in [6.45, 7) is 0. The maximum absolute atomic E-state index is 10.7. The summed E-state index contributed by atoms with van der Waals surface area (Å²) in [5.41, 5.74) is 0.0600. The Morgan fingerprint density at radius 2 is 2.14 bits per heavy atom. The van der Waals surface area contributed by atoms with Crippen molar-refractivity contribution < 1.29 is 4.92 Å². The number of halogens is 2. The average Bonchev–Trinajstić information content (AvgIpc) is 2.43. The van der Waals surface area contributed by atoms with E-state index in [1.807, 2.05) is 0 Å². The quantitative estimate of drug-likeness (QED) is 0.573. The highest BCUT2D eigenvalue weighted by Crippen LogP contribution is 2.36. The second-order valence-electron chi connectivity index (χ2n) is 2.47. The van der Waals surface area contributed by atoms with Crippen LogP contribution in [0.25, 0.3) is 10.2 Å². The molecule has 7 heteroatoms. The van der Waals surface area contributed by atoms with E-state index in [1.165, 1.54) is 17.4 Å². The fourth-order valence-corrected chi connectivity index (χ4v) is 2.35. The molecule has 1 aromatic heterocycles. The Bertz CT molecular complexity index is 526. The van der Waals surface area contributed by atoms with Gasteiger partial charge in [0, 0.05) is 0 Å². The highest BCUT2D eigenvalue weighted by molar-refractivity contribution is 7.22. The molecule has 0 radical (unpaired) electrons. The molecule has 0 saturated carbocycles. The molecule has 14 heavy (non-hydrogen) atoms. The van der Waals surface area contributed by atoms with Gasteiger partial charge in [0.05, 0.1) is 9.62 Å². The maximum Gasteiger partial charge on any atom is 0.314 e. The van der Waals surface area contributed by atoms with Crippen LogP contribution in [-0.4, -0.2) is 9.91 Å². The molecular formula is C7H2Cl2N2O2S. The third kappa shape index (κ3) is 1.43. The molecule has 0 amide bonds. The van der Waals surface area contributed by atoms with Gasteiger partial charge in [-0.15, -0.1) is 11.3 Å². The van der Waals surface area contributed by atoms with Crippen LogP contribution in [0.1, 0.15) is 0 Å². The lowest BCUT2D eigenvalue weighted by Crippen LogP contribution is -1.90. The molecule has 2 aromatic rings. The van der Waals surface area contributed by atoms with Gasteiger partial charge in [0.2, 0.25) is 0 Å². The molecule has 1 heterocycles. The van der Waals surface area contributed by atoms with Gasteiger partial charge in [0.1, 0.15) is 5.02 Å². The topological polar surface area (TPSA) is 56.0 Å². The van der Waals surface area contributed by atoms with Gasteiger partial charge in [-0.3, -0.25) is 10.1 Å². The first-order valence-electron chi connectivity index (χ1n) is 3.48. The van der Waals surface area contributed by atoms with E-state index in [4.69, 9.17) is 23.2 Å². The summed E-state index contributed by atoms with van der Waals surface area (Å²) < 4.78 is 0.927. The summed E-state index contributed by atoms with van der Waals surface area (Å²) in [5.74, 6) is 0. The van der Waals surface area contributed by atoms with E-state index >= 15 is 0 Å². The molecule has 0 spiro atoms. The highest BCUT2D eigenvalue weighted by atomic mass is 35.5. The number of benzene rings is 1. The van der Waals surface area contributed by atoms with Gasteiger partial charge >= 0.3 is 5.69 Å². The second kappa shape index (κ2) is 3.34. The lowest BCUT2D eigenvalue weighted by atomic mass is 10.3. The van der Waals surface area contributed by atoms with Crippen LogP contribution >= 0.6 is 34.5 Å². The molecule has 0 atom stereocenters. The summed E-state index contributed by atoms with van der Waals surface area (Å²) >= 11 is 12.5. The Balaban J connectivity index is 2.88. The van der Waals surface area contributed by atoms with Gasteiger partial charge in [0.15, 0.2) is 9.98 Å². The van der Waals surface area contributed by atoms with Crippen molar-refractivity contribution in [2.24, 2.45) is 0 Å². The molecule has 0 aliphatic rings. The van der Waals surface area contributed by atoms with Crippen molar-refractivity contribution in [3.8, 4) is 0 Å². The van der Waals surface area contributed by atoms with E-state index in [-0.39, 0.29) is 20.7 Å². The minimum atomic E-state index is -0.555. The van der Waals surface area contributed by atoms with Gasteiger partial charge in [0.25, 0.3) is 0 Å². The molecule has 0 aliphatic carbocycles. The van der Waals surface area contributed by atoms with Crippen molar-refractivity contribution in [3.05, 3.63) is 31.7 Å². The van der Waals surface area contributed by atoms with E-state index in [1.54, 1.807) is 6.07 Å². The standard InChI is InChI=1S/C7H2Cl2N2O2S/c8-3-1-2-4-5(6(3)11(12)13)10-7(9)14-4/h1-2H. The maximum atomic E-state index is 10.7. The average molecular weight is 249 g/mol. The van der Waals surface area contributed by atoms with E-state index in [2.05, 4.69) is 4.98 Å². The summed E-state index contributed by atoms with van der Waals surface area (Å²) in [7, 11) is 0. The zero-order valence-electron chi connectivity index (χ0n) is 6.53. The Hall–Kier alpha value is -0.910. The van der Waals surface area contributed by atoms with E-state index < -0.39 is 4.92 Å². The third-order valence-electron chi connectivity index (χ3n) is 1.64. The van der Waals surface area contributed by atoms with Gasteiger partial charge in [-0.2, -0.15) is 0 Å². The summed E-state index contributed by atoms with van der Waals surface area (Å²) in [6, 6.07) is 3.13. The van der Waals surface area contributed by atoms with Crippen LogP contribution in [0.4, 0.5) is 5.69 Å². The number of nitro benzene ring substituents is 1. The van der Waals surface area contributed by atoms with Gasteiger partial charge in [-0.05, 0) is 12.1 Å². The Labute approximate surface area is 92.2 Å². The number of fused-ring (bicyclic) bond motifs is 1. The minimum absolute atomic E-state index is 0.0736. The summed E-state index contributed by atoms with van der Waals surface area (Å²) in [4.78, 5) is 14.0. The molecule has 0 N–H and O–H groups in total. The number of rotatable bonds is 1. The summed E-state index contributed by atoms with van der Waals surface area (Å²) in [5, 5.41) is 10.8. The fraction of sp³-hybridized carbons (Fsp3) is 0. The van der Waals surface area contributed by atoms with Crippen molar-refractivity contribution >= 4 is 50.4 Å². The monoisotopic (exact) mass is 248 g/mol. The smallest absolute Gasteiger partial charge is 0.258 e. The molecule has 4 nitrogen and oxygen atoms in total. The fourth-order valence-electron chi connectivity index (χ4n) is 1.10. The second-order valence-corrected chi connectivity index (χ2v) is 4.49. The molecular weight excluding hydrogens is 247 g/mol. The zero-order valence-corrected chi connectivity index (χ0v) is 8.86. The number of nitro groups is 1. The Kier molecular flexibility index (Phi) is 2.30. The van der Waals surface area contributed by atoms with E-state index in [0.29, 0.717) is 4.70 Å². The predicted octanol–water partition coefficient (Wildman–Crippen LogP) is 3.51. The first kappa shape index (κ1) is 9.64. The van der Waals surface area contributed by atoms with Crippen LogP contribution in [0.2, 0.25) is 9.49 Å². The molecule has 2 rings (SSSR count). The highest BCUT2D eigenvalue weighted by Gasteiger charge is 2.20. The lowest BCUT2D eigenvalue weighted by Gasteiger charge is -1.94. The van der Waals surface area contributed by atoms with Crippen molar-refractivity contribution in [2.75, 3.05) is 0 Å². The van der Waals surface area contributed by atoms with Gasteiger partial charge in [-0.25, -0.2) is 4.98 Å². The van der Waals surface area contributed by atoms with Crippen molar-refractivity contribution in [1.82, 2.24) is 4.98 Å². The first-order chi connectivity index (χ1) is 6.59. The van der Waals surface area contributed by atoms with E-state index in [0.717, 1.165) is 0 Å².